The highest BCUT2D eigenvalue weighted by Gasteiger charge is 2.27. The molecule has 1 saturated carbocycles. The molecule has 2 aromatic carbocycles. The van der Waals surface area contributed by atoms with Gasteiger partial charge < -0.3 is 5.32 Å². The van der Waals surface area contributed by atoms with Crippen molar-refractivity contribution in [3.05, 3.63) is 72.6 Å². The summed E-state index contributed by atoms with van der Waals surface area (Å²) in [6, 6.07) is 12.7. The zero-order chi connectivity index (χ0) is 21.1. The fraction of sp³-hybridized carbons (Fsp3) is 0.190. The minimum absolute atomic E-state index is 0.000808. The second-order valence-corrected chi connectivity index (χ2v) is 8.71. The standard InChI is InChI=1S/C21H21N5O3S/c1-2-12-22-21(27)16-4-3-5-18(13-16)30(28,29)26-17-10-8-15(9-11-17)20-23-19(24-25-20)14-6-7-14/h2-5,8-11,13-14,26H,1,6-7,12H2,(H,22,27)(H,23,24,25). The van der Waals surface area contributed by atoms with Crippen LogP contribution in [0.3, 0.4) is 0 Å². The summed E-state index contributed by atoms with van der Waals surface area (Å²) in [7, 11) is -3.85. The van der Waals surface area contributed by atoms with Crippen molar-refractivity contribution in [1.29, 1.82) is 0 Å². The maximum absolute atomic E-state index is 12.7. The van der Waals surface area contributed by atoms with E-state index in [-0.39, 0.29) is 16.4 Å². The van der Waals surface area contributed by atoms with E-state index in [9.17, 15) is 13.2 Å². The summed E-state index contributed by atoms with van der Waals surface area (Å²) < 4.78 is 28.0. The van der Waals surface area contributed by atoms with Gasteiger partial charge in [-0.25, -0.2) is 13.4 Å². The maximum Gasteiger partial charge on any atom is 0.261 e. The molecule has 0 radical (unpaired) electrons. The van der Waals surface area contributed by atoms with Crippen molar-refractivity contribution in [1.82, 2.24) is 20.5 Å². The van der Waals surface area contributed by atoms with Gasteiger partial charge in [0.25, 0.3) is 15.9 Å². The highest BCUT2D eigenvalue weighted by Crippen LogP contribution is 2.38. The highest BCUT2D eigenvalue weighted by atomic mass is 32.2. The van der Waals surface area contributed by atoms with E-state index in [0.717, 1.165) is 24.2 Å². The van der Waals surface area contributed by atoms with Crippen LogP contribution in [0, 0.1) is 0 Å². The van der Waals surface area contributed by atoms with Crippen LogP contribution in [0.4, 0.5) is 5.69 Å². The number of carbonyl (C=O) groups is 1. The van der Waals surface area contributed by atoms with E-state index >= 15 is 0 Å². The number of rotatable bonds is 8. The fourth-order valence-electron chi connectivity index (χ4n) is 2.92. The molecule has 0 saturated heterocycles. The molecule has 0 aliphatic heterocycles. The second kappa shape index (κ2) is 8.11. The Morgan fingerprint density at radius 1 is 1.20 bits per heavy atom. The summed E-state index contributed by atoms with van der Waals surface area (Å²) in [4.78, 5) is 16.6. The third-order valence-corrected chi connectivity index (χ3v) is 6.05. The number of amides is 1. The first-order valence-electron chi connectivity index (χ1n) is 9.51. The predicted octanol–water partition coefficient (Wildman–Crippen LogP) is 3.07. The molecule has 1 fully saturated rings. The van der Waals surface area contributed by atoms with E-state index in [1.54, 1.807) is 36.4 Å². The van der Waals surface area contributed by atoms with Crippen LogP contribution in [0.2, 0.25) is 0 Å². The van der Waals surface area contributed by atoms with Gasteiger partial charge in [0, 0.05) is 29.3 Å². The van der Waals surface area contributed by atoms with Gasteiger partial charge in [-0.2, -0.15) is 5.10 Å². The van der Waals surface area contributed by atoms with Crippen LogP contribution in [0.1, 0.15) is 34.9 Å². The summed E-state index contributed by atoms with van der Waals surface area (Å²) in [5, 5.41) is 9.81. The topological polar surface area (TPSA) is 117 Å². The van der Waals surface area contributed by atoms with Gasteiger partial charge in [0.1, 0.15) is 5.82 Å². The van der Waals surface area contributed by atoms with Crippen LogP contribution in [0.15, 0.2) is 66.1 Å². The Bertz CT molecular complexity index is 1180. The normalized spacial score (nSPS) is 13.6. The van der Waals surface area contributed by atoms with E-state index in [1.807, 2.05) is 0 Å². The van der Waals surface area contributed by atoms with Gasteiger partial charge >= 0.3 is 0 Å². The molecule has 8 nitrogen and oxygen atoms in total. The molecular weight excluding hydrogens is 402 g/mol. The first-order chi connectivity index (χ1) is 14.5. The number of carbonyl (C=O) groups excluding carboxylic acids is 1. The molecule has 3 aromatic rings. The minimum Gasteiger partial charge on any atom is -0.349 e. The molecule has 1 amide bonds. The Kier molecular flexibility index (Phi) is 5.37. The van der Waals surface area contributed by atoms with Crippen molar-refractivity contribution < 1.29 is 13.2 Å². The summed E-state index contributed by atoms with van der Waals surface area (Å²) in [6.07, 6.45) is 3.81. The Hall–Kier alpha value is -3.46. The lowest BCUT2D eigenvalue weighted by molar-refractivity contribution is 0.0958. The summed E-state index contributed by atoms with van der Waals surface area (Å²) in [5.41, 5.74) is 1.45. The quantitative estimate of drug-likeness (QED) is 0.482. The number of hydrogen-bond donors (Lipinski definition) is 3. The number of aromatic amines is 1. The van der Waals surface area contributed by atoms with E-state index in [0.29, 0.717) is 24.0 Å². The molecule has 1 aliphatic rings. The molecule has 1 heterocycles. The van der Waals surface area contributed by atoms with Gasteiger partial charge in [-0.05, 0) is 55.3 Å². The Labute approximate surface area is 174 Å². The molecule has 4 rings (SSSR count). The summed E-state index contributed by atoms with van der Waals surface area (Å²) in [5.74, 6) is 1.59. The Morgan fingerprint density at radius 3 is 2.67 bits per heavy atom. The van der Waals surface area contributed by atoms with Crippen LogP contribution in [0.5, 0.6) is 0 Å². The minimum atomic E-state index is -3.85. The molecule has 1 aromatic heterocycles. The molecule has 30 heavy (non-hydrogen) atoms. The number of hydrogen-bond acceptors (Lipinski definition) is 5. The lowest BCUT2D eigenvalue weighted by Crippen LogP contribution is -2.23. The average molecular weight is 423 g/mol. The number of anilines is 1. The highest BCUT2D eigenvalue weighted by molar-refractivity contribution is 7.92. The van der Waals surface area contributed by atoms with Crippen molar-refractivity contribution in [2.24, 2.45) is 0 Å². The van der Waals surface area contributed by atoms with Crippen molar-refractivity contribution in [3.63, 3.8) is 0 Å². The average Bonchev–Trinajstić information content (AvgIpc) is 3.49. The number of nitrogens with zero attached hydrogens (tertiary/aromatic N) is 2. The molecule has 1 aliphatic carbocycles. The SMILES string of the molecule is C=CCNC(=O)c1cccc(S(=O)(=O)Nc2ccc(-c3n[nH]c(C4CC4)n3)cc2)c1. The number of H-pyrrole nitrogens is 1. The largest absolute Gasteiger partial charge is 0.349 e. The molecule has 0 atom stereocenters. The lowest BCUT2D eigenvalue weighted by Gasteiger charge is -2.10. The molecule has 3 N–H and O–H groups in total. The summed E-state index contributed by atoms with van der Waals surface area (Å²) >= 11 is 0. The lowest BCUT2D eigenvalue weighted by atomic mass is 10.2. The molecule has 154 valence electrons. The number of nitrogens with one attached hydrogen (secondary N) is 3. The number of aromatic nitrogens is 3. The van der Waals surface area contributed by atoms with Crippen molar-refractivity contribution >= 4 is 21.6 Å². The zero-order valence-corrected chi connectivity index (χ0v) is 16.9. The number of sulfonamides is 1. The van der Waals surface area contributed by atoms with E-state index < -0.39 is 10.0 Å². The molecule has 0 spiro atoms. The van der Waals surface area contributed by atoms with Crippen LogP contribution in [-0.2, 0) is 10.0 Å². The molecular formula is C21H21N5O3S. The molecule has 0 bridgehead atoms. The maximum atomic E-state index is 12.7. The predicted molar refractivity (Wildman–Crippen MR) is 114 cm³/mol. The van der Waals surface area contributed by atoms with Gasteiger partial charge in [-0.15, -0.1) is 6.58 Å². The van der Waals surface area contributed by atoms with E-state index in [1.165, 1.54) is 18.2 Å². The second-order valence-electron chi connectivity index (χ2n) is 7.03. The van der Waals surface area contributed by atoms with Crippen LogP contribution in [-0.4, -0.2) is 36.1 Å². The first kappa shape index (κ1) is 19.8. The number of benzene rings is 2. The Balaban J connectivity index is 1.49. The smallest absolute Gasteiger partial charge is 0.261 e. The third-order valence-electron chi connectivity index (χ3n) is 4.68. The van der Waals surface area contributed by atoms with Gasteiger partial charge in [0.05, 0.1) is 4.90 Å². The van der Waals surface area contributed by atoms with E-state index in [2.05, 4.69) is 31.8 Å². The Morgan fingerprint density at radius 2 is 1.97 bits per heavy atom. The van der Waals surface area contributed by atoms with E-state index in [4.69, 9.17) is 0 Å². The van der Waals surface area contributed by atoms with Gasteiger partial charge in [0.2, 0.25) is 0 Å². The summed E-state index contributed by atoms with van der Waals surface area (Å²) in [6.45, 7) is 3.84. The van der Waals surface area contributed by atoms with Crippen molar-refractivity contribution in [3.8, 4) is 11.4 Å². The van der Waals surface area contributed by atoms with Crippen LogP contribution < -0.4 is 10.0 Å². The zero-order valence-electron chi connectivity index (χ0n) is 16.1. The van der Waals surface area contributed by atoms with Gasteiger partial charge in [-0.3, -0.25) is 14.6 Å². The van der Waals surface area contributed by atoms with Crippen LogP contribution >= 0.6 is 0 Å². The van der Waals surface area contributed by atoms with Crippen molar-refractivity contribution in [2.45, 2.75) is 23.7 Å². The van der Waals surface area contributed by atoms with Gasteiger partial charge in [-0.1, -0.05) is 12.1 Å². The first-order valence-corrected chi connectivity index (χ1v) is 11.0. The fourth-order valence-corrected chi connectivity index (χ4v) is 4.02. The van der Waals surface area contributed by atoms with Crippen LogP contribution in [0.25, 0.3) is 11.4 Å². The third kappa shape index (κ3) is 4.41. The van der Waals surface area contributed by atoms with Crippen molar-refractivity contribution in [2.75, 3.05) is 11.3 Å². The molecule has 9 heteroatoms. The van der Waals surface area contributed by atoms with Gasteiger partial charge in [0.15, 0.2) is 5.82 Å². The monoisotopic (exact) mass is 423 g/mol. The molecule has 0 unspecified atom stereocenters.